The molecule has 0 spiro atoms. The summed E-state index contributed by atoms with van der Waals surface area (Å²) in [5, 5.41) is 5.84. The minimum atomic E-state index is -0.315. The maximum atomic E-state index is 12.4. The Labute approximate surface area is 161 Å². The topological polar surface area (TPSA) is 67.4 Å². The van der Waals surface area contributed by atoms with Crippen LogP contribution in [-0.2, 0) is 0 Å². The molecule has 0 unspecified atom stereocenters. The van der Waals surface area contributed by atoms with E-state index in [0.717, 1.165) is 0 Å². The number of hydrogen-bond acceptors (Lipinski definition) is 3. The SMILES string of the molecule is COc1ccccc1C(=O)Nc1ccc(NC(=O)c2ccccc2)c(Cl)c1. The van der Waals surface area contributed by atoms with Gasteiger partial charge in [-0.05, 0) is 42.5 Å². The fourth-order valence-electron chi connectivity index (χ4n) is 2.51. The smallest absolute Gasteiger partial charge is 0.259 e. The van der Waals surface area contributed by atoms with Gasteiger partial charge in [-0.25, -0.2) is 0 Å². The number of halogens is 1. The average molecular weight is 381 g/mol. The Morgan fingerprint density at radius 3 is 2.26 bits per heavy atom. The van der Waals surface area contributed by atoms with Crippen LogP contribution in [0.1, 0.15) is 20.7 Å². The van der Waals surface area contributed by atoms with Gasteiger partial charge in [-0.15, -0.1) is 0 Å². The Hall–Kier alpha value is -3.31. The molecular weight excluding hydrogens is 364 g/mol. The van der Waals surface area contributed by atoms with Crippen LogP contribution in [0.2, 0.25) is 5.02 Å². The van der Waals surface area contributed by atoms with Crippen LogP contribution in [-0.4, -0.2) is 18.9 Å². The second-order valence-corrected chi connectivity index (χ2v) is 6.08. The van der Waals surface area contributed by atoms with Gasteiger partial charge in [-0.3, -0.25) is 9.59 Å². The molecule has 0 aliphatic carbocycles. The molecule has 0 heterocycles. The van der Waals surface area contributed by atoms with Gasteiger partial charge in [0.15, 0.2) is 0 Å². The Morgan fingerprint density at radius 1 is 0.852 bits per heavy atom. The minimum absolute atomic E-state index is 0.261. The molecule has 136 valence electrons. The van der Waals surface area contributed by atoms with E-state index < -0.39 is 0 Å². The summed E-state index contributed by atoms with van der Waals surface area (Å²) in [5.41, 5.74) is 1.91. The quantitative estimate of drug-likeness (QED) is 0.664. The summed E-state index contributed by atoms with van der Waals surface area (Å²) in [5.74, 6) is -0.0965. The normalized spacial score (nSPS) is 10.1. The Bertz CT molecular complexity index is 974. The van der Waals surface area contributed by atoms with Crippen molar-refractivity contribution in [1.82, 2.24) is 0 Å². The molecule has 2 amide bonds. The molecule has 0 bridgehead atoms. The first kappa shape index (κ1) is 18.5. The minimum Gasteiger partial charge on any atom is -0.496 e. The second-order valence-electron chi connectivity index (χ2n) is 5.67. The van der Waals surface area contributed by atoms with Gasteiger partial charge < -0.3 is 15.4 Å². The van der Waals surface area contributed by atoms with Crippen LogP contribution in [0.25, 0.3) is 0 Å². The molecule has 0 saturated carbocycles. The summed E-state index contributed by atoms with van der Waals surface area (Å²) >= 11 is 6.26. The van der Waals surface area contributed by atoms with Gasteiger partial charge in [-0.2, -0.15) is 0 Å². The monoisotopic (exact) mass is 380 g/mol. The maximum Gasteiger partial charge on any atom is 0.259 e. The highest BCUT2D eigenvalue weighted by atomic mass is 35.5. The van der Waals surface area contributed by atoms with Crippen molar-refractivity contribution in [2.75, 3.05) is 17.7 Å². The molecule has 2 N–H and O–H groups in total. The molecule has 0 aliphatic heterocycles. The first-order chi connectivity index (χ1) is 13.1. The van der Waals surface area contributed by atoms with Gasteiger partial charge >= 0.3 is 0 Å². The van der Waals surface area contributed by atoms with E-state index in [1.807, 2.05) is 6.07 Å². The summed E-state index contributed by atoms with van der Waals surface area (Å²) in [7, 11) is 1.51. The Kier molecular flexibility index (Phi) is 5.74. The van der Waals surface area contributed by atoms with Crippen molar-refractivity contribution >= 4 is 34.8 Å². The van der Waals surface area contributed by atoms with E-state index in [0.29, 0.717) is 33.3 Å². The zero-order valence-corrected chi connectivity index (χ0v) is 15.3. The van der Waals surface area contributed by atoms with Crippen LogP contribution in [0.5, 0.6) is 5.75 Å². The van der Waals surface area contributed by atoms with E-state index in [1.165, 1.54) is 7.11 Å². The Morgan fingerprint density at radius 2 is 1.56 bits per heavy atom. The molecule has 27 heavy (non-hydrogen) atoms. The van der Waals surface area contributed by atoms with Crippen LogP contribution in [0.15, 0.2) is 72.8 Å². The first-order valence-electron chi connectivity index (χ1n) is 8.19. The molecule has 0 atom stereocenters. The van der Waals surface area contributed by atoms with E-state index in [9.17, 15) is 9.59 Å². The lowest BCUT2D eigenvalue weighted by Gasteiger charge is -2.11. The predicted molar refractivity (Wildman–Crippen MR) is 107 cm³/mol. The van der Waals surface area contributed by atoms with Crippen LogP contribution in [0.3, 0.4) is 0 Å². The fraction of sp³-hybridized carbons (Fsp3) is 0.0476. The number of hydrogen-bond donors (Lipinski definition) is 2. The average Bonchev–Trinajstić information content (AvgIpc) is 2.70. The predicted octanol–water partition coefficient (Wildman–Crippen LogP) is 4.85. The summed E-state index contributed by atoms with van der Waals surface area (Å²) in [4.78, 5) is 24.7. The number of rotatable bonds is 5. The van der Waals surface area contributed by atoms with Crippen molar-refractivity contribution < 1.29 is 14.3 Å². The lowest BCUT2D eigenvalue weighted by atomic mass is 10.1. The number of anilines is 2. The molecule has 0 fully saturated rings. The highest BCUT2D eigenvalue weighted by Crippen LogP contribution is 2.27. The first-order valence-corrected chi connectivity index (χ1v) is 8.56. The molecule has 5 nitrogen and oxygen atoms in total. The maximum absolute atomic E-state index is 12.4. The highest BCUT2D eigenvalue weighted by Gasteiger charge is 2.13. The van der Waals surface area contributed by atoms with Crippen molar-refractivity contribution in [3.05, 3.63) is 88.9 Å². The van der Waals surface area contributed by atoms with Gasteiger partial charge in [-0.1, -0.05) is 41.9 Å². The van der Waals surface area contributed by atoms with Crippen molar-refractivity contribution in [3.63, 3.8) is 0 Å². The van der Waals surface area contributed by atoms with Crippen molar-refractivity contribution in [1.29, 1.82) is 0 Å². The zero-order chi connectivity index (χ0) is 19.2. The highest BCUT2D eigenvalue weighted by molar-refractivity contribution is 6.34. The van der Waals surface area contributed by atoms with Gasteiger partial charge in [0.05, 0.1) is 23.4 Å². The number of para-hydroxylation sites is 1. The number of carbonyl (C=O) groups is 2. The van der Waals surface area contributed by atoms with E-state index >= 15 is 0 Å². The van der Waals surface area contributed by atoms with Crippen molar-refractivity contribution in [2.45, 2.75) is 0 Å². The van der Waals surface area contributed by atoms with Crippen molar-refractivity contribution in [3.8, 4) is 5.75 Å². The third-order valence-corrected chi connectivity index (χ3v) is 4.18. The van der Waals surface area contributed by atoms with Gasteiger partial charge in [0.1, 0.15) is 5.75 Å². The molecule has 0 saturated heterocycles. The van der Waals surface area contributed by atoms with E-state index in [4.69, 9.17) is 16.3 Å². The standard InChI is InChI=1S/C21H17ClN2O3/c1-27-19-10-6-5-9-16(19)21(26)23-15-11-12-18(17(22)13-15)24-20(25)14-7-3-2-4-8-14/h2-13H,1H3,(H,23,26)(H,24,25). The molecule has 0 aromatic heterocycles. The fourth-order valence-corrected chi connectivity index (χ4v) is 2.74. The number of benzene rings is 3. The second kappa shape index (κ2) is 8.38. The van der Waals surface area contributed by atoms with Crippen LogP contribution in [0, 0.1) is 0 Å². The number of nitrogens with one attached hydrogen (secondary N) is 2. The third-order valence-electron chi connectivity index (χ3n) is 3.86. The van der Waals surface area contributed by atoms with Gasteiger partial charge in [0.25, 0.3) is 11.8 Å². The van der Waals surface area contributed by atoms with E-state index in [-0.39, 0.29) is 11.8 Å². The number of methoxy groups -OCH3 is 1. The third kappa shape index (κ3) is 4.46. The van der Waals surface area contributed by atoms with Gasteiger partial charge in [0, 0.05) is 11.3 Å². The van der Waals surface area contributed by atoms with E-state index in [2.05, 4.69) is 10.6 Å². The largest absolute Gasteiger partial charge is 0.496 e. The molecule has 0 aliphatic rings. The summed E-state index contributed by atoms with van der Waals surface area (Å²) in [6.07, 6.45) is 0. The summed E-state index contributed by atoms with van der Waals surface area (Å²) in [6, 6.07) is 20.6. The lowest BCUT2D eigenvalue weighted by molar-refractivity contribution is 0.101. The summed E-state index contributed by atoms with van der Waals surface area (Å²) in [6.45, 7) is 0. The summed E-state index contributed by atoms with van der Waals surface area (Å²) < 4.78 is 5.20. The molecular formula is C21H17ClN2O3. The van der Waals surface area contributed by atoms with Gasteiger partial charge in [0.2, 0.25) is 0 Å². The zero-order valence-electron chi connectivity index (χ0n) is 14.5. The number of amides is 2. The molecule has 3 aromatic carbocycles. The van der Waals surface area contributed by atoms with Crippen LogP contribution in [0.4, 0.5) is 11.4 Å². The lowest BCUT2D eigenvalue weighted by Crippen LogP contribution is -2.14. The number of ether oxygens (including phenoxy) is 1. The number of carbonyl (C=O) groups excluding carboxylic acids is 2. The van der Waals surface area contributed by atoms with E-state index in [1.54, 1.807) is 66.7 Å². The van der Waals surface area contributed by atoms with Crippen LogP contribution >= 0.6 is 11.6 Å². The molecule has 0 radical (unpaired) electrons. The molecule has 6 heteroatoms. The Balaban J connectivity index is 1.73. The molecule has 3 rings (SSSR count). The van der Waals surface area contributed by atoms with Crippen molar-refractivity contribution in [2.24, 2.45) is 0 Å². The molecule has 3 aromatic rings. The van der Waals surface area contributed by atoms with Crippen LogP contribution < -0.4 is 15.4 Å².